The van der Waals surface area contributed by atoms with Gasteiger partial charge in [0.2, 0.25) is 6.04 Å². The van der Waals surface area contributed by atoms with Gasteiger partial charge in [0.15, 0.2) is 11.5 Å². The van der Waals surface area contributed by atoms with Gasteiger partial charge in [-0.15, -0.1) is 0 Å². The molecule has 1 aromatic carbocycles. The van der Waals surface area contributed by atoms with Crippen molar-refractivity contribution in [3.63, 3.8) is 0 Å². The highest BCUT2D eigenvalue weighted by Gasteiger charge is 2.22. The molecule has 1 amide bonds. The van der Waals surface area contributed by atoms with E-state index in [1.807, 2.05) is 0 Å². The van der Waals surface area contributed by atoms with E-state index >= 15 is 0 Å². The van der Waals surface area contributed by atoms with Crippen LogP contribution in [0.2, 0.25) is 0 Å². The number of hydrogen-bond donors (Lipinski definition) is 1. The molecule has 0 saturated heterocycles. The Morgan fingerprint density at radius 3 is 2.36 bits per heavy atom. The van der Waals surface area contributed by atoms with Gasteiger partial charge in [-0.05, 0) is 32.9 Å². The van der Waals surface area contributed by atoms with Gasteiger partial charge in [-0.2, -0.15) is 0 Å². The Balaban J connectivity index is 3.21. The summed E-state index contributed by atoms with van der Waals surface area (Å²) in [6, 6.07) is 3.05. The zero-order valence-electron chi connectivity index (χ0n) is 13.8. The second kappa shape index (κ2) is 7.03. The lowest BCUT2D eigenvalue weighted by molar-refractivity contribution is 0.0635. The summed E-state index contributed by atoms with van der Waals surface area (Å²) in [5.41, 5.74) is 0.517. The van der Waals surface area contributed by atoms with E-state index in [0.29, 0.717) is 17.2 Å². The Hall–Kier alpha value is -2.42. The summed E-state index contributed by atoms with van der Waals surface area (Å²) in [7, 11) is 2.98. The van der Waals surface area contributed by atoms with Crippen LogP contribution in [0.5, 0.6) is 11.5 Å². The van der Waals surface area contributed by atoms with Gasteiger partial charge in [-0.25, -0.2) is 11.4 Å². The van der Waals surface area contributed by atoms with E-state index < -0.39 is 11.7 Å². The second-order valence-corrected chi connectivity index (χ2v) is 5.74. The van der Waals surface area contributed by atoms with Crippen LogP contribution in [0, 0.1) is 6.57 Å². The second-order valence-electron chi connectivity index (χ2n) is 5.74. The number of ether oxygens (including phenoxy) is 3. The van der Waals surface area contributed by atoms with Gasteiger partial charge in [-0.1, -0.05) is 0 Å². The van der Waals surface area contributed by atoms with Gasteiger partial charge in [0, 0.05) is 12.5 Å². The Bertz CT molecular complexity index is 585. The number of amides is 1. The molecule has 0 radical (unpaired) electrons. The molecule has 0 fully saturated rings. The van der Waals surface area contributed by atoms with Crippen LogP contribution < -0.4 is 14.8 Å². The van der Waals surface area contributed by atoms with E-state index in [-0.39, 0.29) is 6.04 Å². The molecular formula is C16H22N2O4. The number of methoxy groups -OCH3 is 2. The van der Waals surface area contributed by atoms with Gasteiger partial charge >= 0.3 is 6.09 Å². The lowest BCUT2D eigenvalue weighted by Crippen LogP contribution is -2.27. The molecule has 0 saturated carbocycles. The number of benzene rings is 1. The molecule has 0 bridgehead atoms. The van der Waals surface area contributed by atoms with Gasteiger partial charge in [0.1, 0.15) is 5.60 Å². The minimum absolute atomic E-state index is 0.362. The molecule has 22 heavy (non-hydrogen) atoms. The third-order valence-electron chi connectivity index (χ3n) is 2.81. The highest BCUT2D eigenvalue weighted by molar-refractivity contribution is 5.88. The number of rotatable bonds is 4. The molecule has 1 unspecified atom stereocenters. The predicted molar refractivity (Wildman–Crippen MR) is 84.4 cm³/mol. The Morgan fingerprint density at radius 1 is 1.27 bits per heavy atom. The number of carbonyl (C=O) groups is 1. The monoisotopic (exact) mass is 306 g/mol. The van der Waals surface area contributed by atoms with Gasteiger partial charge in [0.05, 0.1) is 19.9 Å². The normalized spacial score (nSPS) is 12.0. The zero-order valence-corrected chi connectivity index (χ0v) is 13.8. The third-order valence-corrected chi connectivity index (χ3v) is 2.81. The van der Waals surface area contributed by atoms with E-state index in [0.717, 1.165) is 5.56 Å². The minimum Gasteiger partial charge on any atom is -0.493 e. The summed E-state index contributed by atoms with van der Waals surface area (Å²) in [6.45, 7) is 14.3. The molecule has 6 heteroatoms. The average Bonchev–Trinajstić information content (AvgIpc) is 2.43. The molecule has 0 heterocycles. The van der Waals surface area contributed by atoms with Crippen molar-refractivity contribution in [1.29, 1.82) is 0 Å². The lowest BCUT2D eigenvalue weighted by Gasteiger charge is -2.21. The fourth-order valence-corrected chi connectivity index (χ4v) is 1.81. The van der Waals surface area contributed by atoms with Crippen LogP contribution in [0.15, 0.2) is 12.1 Å². The van der Waals surface area contributed by atoms with E-state index in [1.165, 1.54) is 14.2 Å². The van der Waals surface area contributed by atoms with E-state index in [4.69, 9.17) is 20.8 Å². The van der Waals surface area contributed by atoms with Crippen LogP contribution in [0.4, 0.5) is 10.5 Å². The minimum atomic E-state index is -0.608. The van der Waals surface area contributed by atoms with Crippen molar-refractivity contribution in [2.45, 2.75) is 39.3 Å². The van der Waals surface area contributed by atoms with Crippen molar-refractivity contribution < 1.29 is 19.0 Å². The largest absolute Gasteiger partial charge is 0.493 e. The molecule has 0 aliphatic heterocycles. The van der Waals surface area contributed by atoms with Gasteiger partial charge in [0.25, 0.3) is 0 Å². The molecular weight excluding hydrogens is 284 g/mol. The predicted octanol–water partition coefficient (Wildman–Crippen LogP) is 4.03. The first-order valence-electron chi connectivity index (χ1n) is 6.84. The third kappa shape index (κ3) is 4.55. The topological polar surface area (TPSA) is 61.2 Å². The smallest absolute Gasteiger partial charge is 0.412 e. The first-order chi connectivity index (χ1) is 10.2. The standard InChI is InChI=1S/C16H22N2O4/c1-10(17-5)11-8-12(14(21-7)13(9-11)20-6)18-15(19)22-16(2,3)4/h8-10H,1-4,6-7H3,(H,18,19). The average molecular weight is 306 g/mol. The SMILES string of the molecule is [C-]#[N+]C(C)c1cc(NC(=O)OC(C)(C)C)c(OC)c(OC)c1. The Labute approximate surface area is 131 Å². The first kappa shape index (κ1) is 17.6. The summed E-state index contributed by atoms with van der Waals surface area (Å²) in [4.78, 5) is 15.4. The number of carbonyl (C=O) groups excluding carboxylic acids is 1. The molecule has 1 rings (SSSR count). The maximum Gasteiger partial charge on any atom is 0.412 e. The molecule has 6 nitrogen and oxygen atoms in total. The van der Waals surface area contributed by atoms with E-state index in [2.05, 4.69) is 10.2 Å². The molecule has 120 valence electrons. The quantitative estimate of drug-likeness (QED) is 0.853. The summed E-state index contributed by atoms with van der Waals surface area (Å²) < 4.78 is 15.8. The first-order valence-corrected chi connectivity index (χ1v) is 6.84. The maximum absolute atomic E-state index is 12.0. The summed E-state index contributed by atoms with van der Waals surface area (Å²) in [5.74, 6) is 0.829. The van der Waals surface area contributed by atoms with Crippen molar-refractivity contribution in [2.75, 3.05) is 19.5 Å². The van der Waals surface area contributed by atoms with Crippen LogP contribution in [0.3, 0.4) is 0 Å². The number of nitrogens with one attached hydrogen (secondary N) is 1. The van der Waals surface area contributed by atoms with Crippen molar-refractivity contribution in [1.82, 2.24) is 0 Å². The highest BCUT2D eigenvalue weighted by atomic mass is 16.6. The fraction of sp³-hybridized carbons (Fsp3) is 0.500. The molecule has 0 aliphatic rings. The van der Waals surface area contributed by atoms with Crippen LogP contribution in [0.25, 0.3) is 4.85 Å². The number of anilines is 1. The van der Waals surface area contributed by atoms with Crippen molar-refractivity contribution in [3.8, 4) is 11.5 Å². The molecule has 1 atom stereocenters. The molecule has 0 spiro atoms. The van der Waals surface area contributed by atoms with Crippen LogP contribution in [-0.4, -0.2) is 25.9 Å². The fourth-order valence-electron chi connectivity index (χ4n) is 1.81. The highest BCUT2D eigenvalue weighted by Crippen LogP contribution is 2.39. The van der Waals surface area contributed by atoms with Crippen LogP contribution in [-0.2, 0) is 4.74 Å². The lowest BCUT2D eigenvalue weighted by atomic mass is 10.1. The maximum atomic E-state index is 12.0. The van der Waals surface area contributed by atoms with E-state index in [9.17, 15) is 4.79 Å². The Morgan fingerprint density at radius 2 is 1.91 bits per heavy atom. The van der Waals surface area contributed by atoms with Crippen LogP contribution in [0.1, 0.15) is 39.3 Å². The Kier molecular flexibility index (Phi) is 5.63. The molecule has 0 aromatic heterocycles. The zero-order chi connectivity index (χ0) is 16.9. The van der Waals surface area contributed by atoms with Crippen molar-refractivity contribution in [3.05, 3.63) is 29.1 Å². The molecule has 1 N–H and O–H groups in total. The van der Waals surface area contributed by atoms with Gasteiger partial charge in [-0.3, -0.25) is 5.32 Å². The number of nitrogens with zero attached hydrogens (tertiary/aromatic N) is 1. The van der Waals surface area contributed by atoms with Crippen molar-refractivity contribution in [2.24, 2.45) is 0 Å². The summed E-state index contributed by atoms with van der Waals surface area (Å²) in [5, 5.41) is 2.64. The van der Waals surface area contributed by atoms with Gasteiger partial charge < -0.3 is 19.1 Å². The van der Waals surface area contributed by atoms with Crippen molar-refractivity contribution >= 4 is 11.8 Å². The summed E-state index contributed by atoms with van der Waals surface area (Å²) >= 11 is 0. The number of hydrogen-bond acceptors (Lipinski definition) is 4. The summed E-state index contributed by atoms with van der Waals surface area (Å²) in [6.07, 6.45) is -0.597. The van der Waals surface area contributed by atoms with Crippen LogP contribution >= 0.6 is 0 Å². The van der Waals surface area contributed by atoms with E-state index in [1.54, 1.807) is 39.8 Å². The molecule has 1 aromatic rings. The molecule has 0 aliphatic carbocycles.